The molecule has 0 aliphatic rings. The maximum Gasteiger partial charge on any atom is 0.169 e. The Kier molecular flexibility index (Phi) is 4.81. The minimum atomic E-state index is 0.0649. The third-order valence-electron chi connectivity index (χ3n) is 2.79. The second-order valence-electron chi connectivity index (χ2n) is 3.72. The maximum absolute atomic E-state index is 12.2. The van der Waals surface area contributed by atoms with Gasteiger partial charge < -0.3 is 4.74 Å². The van der Waals surface area contributed by atoms with E-state index in [1.54, 1.807) is 25.3 Å². The van der Waals surface area contributed by atoms with Gasteiger partial charge in [0.05, 0.1) is 12.7 Å². The van der Waals surface area contributed by atoms with Crippen molar-refractivity contribution in [3.8, 4) is 5.75 Å². The van der Waals surface area contributed by atoms with Gasteiger partial charge in [-0.25, -0.2) is 0 Å². The van der Waals surface area contributed by atoms with E-state index in [0.717, 1.165) is 12.8 Å². The van der Waals surface area contributed by atoms with E-state index in [1.165, 1.54) is 0 Å². The fraction of sp³-hybridized carbons (Fsp3) is 0.462. The molecule has 0 aliphatic carbocycles. The number of benzene rings is 1. The van der Waals surface area contributed by atoms with Crippen LogP contribution in [0.15, 0.2) is 18.2 Å². The van der Waals surface area contributed by atoms with Gasteiger partial charge in [-0.3, -0.25) is 4.79 Å². The largest absolute Gasteiger partial charge is 0.496 e. The molecule has 0 spiro atoms. The van der Waals surface area contributed by atoms with Gasteiger partial charge in [0, 0.05) is 10.9 Å². The van der Waals surface area contributed by atoms with Crippen molar-refractivity contribution in [2.75, 3.05) is 7.11 Å². The summed E-state index contributed by atoms with van der Waals surface area (Å²) in [4.78, 5) is 12.2. The number of hydrogen-bond donors (Lipinski definition) is 0. The molecule has 0 aliphatic heterocycles. The Labute approximate surface area is 102 Å². The summed E-state index contributed by atoms with van der Waals surface area (Å²) < 4.78 is 5.18. The minimum absolute atomic E-state index is 0.0649. The van der Waals surface area contributed by atoms with E-state index in [-0.39, 0.29) is 11.7 Å². The first-order valence-electron chi connectivity index (χ1n) is 5.51. The third-order valence-corrected chi connectivity index (χ3v) is 3.02. The molecule has 1 rings (SSSR count). The first-order valence-corrected chi connectivity index (χ1v) is 5.89. The van der Waals surface area contributed by atoms with E-state index in [0.29, 0.717) is 16.3 Å². The van der Waals surface area contributed by atoms with Crippen LogP contribution in [0.5, 0.6) is 5.75 Å². The van der Waals surface area contributed by atoms with Crippen LogP contribution >= 0.6 is 11.6 Å². The van der Waals surface area contributed by atoms with E-state index < -0.39 is 0 Å². The summed E-state index contributed by atoms with van der Waals surface area (Å²) in [6, 6.07) is 5.14. The highest BCUT2D eigenvalue weighted by Crippen LogP contribution is 2.27. The van der Waals surface area contributed by atoms with E-state index >= 15 is 0 Å². The molecule has 0 aromatic heterocycles. The summed E-state index contributed by atoms with van der Waals surface area (Å²) in [5, 5.41) is 0.581. The van der Waals surface area contributed by atoms with Crippen LogP contribution in [-0.4, -0.2) is 12.9 Å². The lowest BCUT2D eigenvalue weighted by atomic mass is 9.92. The second-order valence-corrected chi connectivity index (χ2v) is 4.16. The summed E-state index contributed by atoms with van der Waals surface area (Å²) in [6.45, 7) is 4.04. The summed E-state index contributed by atoms with van der Waals surface area (Å²) >= 11 is 5.86. The minimum Gasteiger partial charge on any atom is -0.496 e. The van der Waals surface area contributed by atoms with E-state index in [2.05, 4.69) is 0 Å². The molecule has 0 amide bonds. The van der Waals surface area contributed by atoms with Gasteiger partial charge in [-0.15, -0.1) is 0 Å². The van der Waals surface area contributed by atoms with Crippen LogP contribution in [0.25, 0.3) is 0 Å². The van der Waals surface area contributed by atoms with Crippen LogP contribution < -0.4 is 4.74 Å². The SMILES string of the molecule is CCC(CC)C(=O)c1ccc(Cl)cc1OC. The smallest absolute Gasteiger partial charge is 0.169 e. The Bertz CT molecular complexity index is 370. The van der Waals surface area contributed by atoms with Gasteiger partial charge in [0.2, 0.25) is 0 Å². The molecule has 0 bridgehead atoms. The molecule has 1 aromatic carbocycles. The quantitative estimate of drug-likeness (QED) is 0.728. The molecule has 1 aromatic rings. The van der Waals surface area contributed by atoms with Gasteiger partial charge in [-0.2, -0.15) is 0 Å². The molecule has 0 saturated carbocycles. The Morgan fingerprint density at radius 2 is 2.00 bits per heavy atom. The lowest BCUT2D eigenvalue weighted by Crippen LogP contribution is -2.14. The van der Waals surface area contributed by atoms with Crippen LogP contribution in [0.3, 0.4) is 0 Å². The van der Waals surface area contributed by atoms with Crippen molar-refractivity contribution in [1.82, 2.24) is 0 Å². The zero-order chi connectivity index (χ0) is 12.1. The van der Waals surface area contributed by atoms with Gasteiger partial charge in [0.15, 0.2) is 5.78 Å². The van der Waals surface area contributed by atoms with Crippen molar-refractivity contribution in [3.63, 3.8) is 0 Å². The van der Waals surface area contributed by atoms with Gasteiger partial charge in [0.25, 0.3) is 0 Å². The van der Waals surface area contributed by atoms with Crippen molar-refractivity contribution < 1.29 is 9.53 Å². The molecule has 0 N–H and O–H groups in total. The number of ketones is 1. The topological polar surface area (TPSA) is 26.3 Å². The molecule has 0 unspecified atom stereocenters. The third kappa shape index (κ3) is 2.76. The van der Waals surface area contributed by atoms with Crippen molar-refractivity contribution in [1.29, 1.82) is 0 Å². The lowest BCUT2D eigenvalue weighted by Gasteiger charge is -2.13. The number of halogens is 1. The van der Waals surface area contributed by atoms with E-state index in [4.69, 9.17) is 16.3 Å². The molecule has 2 nitrogen and oxygen atoms in total. The number of carbonyl (C=O) groups excluding carboxylic acids is 1. The average molecular weight is 241 g/mol. The predicted molar refractivity (Wildman–Crippen MR) is 66.4 cm³/mol. The first-order chi connectivity index (χ1) is 7.63. The van der Waals surface area contributed by atoms with Crippen molar-refractivity contribution in [2.45, 2.75) is 26.7 Å². The molecular weight excluding hydrogens is 224 g/mol. The molecule has 3 heteroatoms. The number of methoxy groups -OCH3 is 1. The molecule has 16 heavy (non-hydrogen) atoms. The number of ether oxygens (including phenoxy) is 1. The zero-order valence-corrected chi connectivity index (χ0v) is 10.7. The van der Waals surface area contributed by atoms with Gasteiger partial charge in [-0.1, -0.05) is 25.4 Å². The average Bonchev–Trinajstić information content (AvgIpc) is 2.30. The van der Waals surface area contributed by atoms with Crippen molar-refractivity contribution >= 4 is 17.4 Å². The fourth-order valence-corrected chi connectivity index (χ4v) is 1.91. The molecule has 0 fully saturated rings. The van der Waals surface area contributed by atoms with Crippen LogP contribution in [0.2, 0.25) is 5.02 Å². The Morgan fingerprint density at radius 1 is 1.38 bits per heavy atom. The molecule has 0 atom stereocenters. The number of hydrogen-bond acceptors (Lipinski definition) is 2. The first kappa shape index (κ1) is 13.0. The Morgan fingerprint density at radius 3 is 2.50 bits per heavy atom. The fourth-order valence-electron chi connectivity index (χ4n) is 1.75. The molecule has 0 heterocycles. The highest BCUT2D eigenvalue weighted by molar-refractivity contribution is 6.30. The number of rotatable bonds is 5. The monoisotopic (exact) mass is 240 g/mol. The summed E-state index contributed by atoms with van der Waals surface area (Å²) in [5.41, 5.74) is 0.626. The predicted octanol–water partition coefficient (Wildman–Crippen LogP) is 3.97. The van der Waals surface area contributed by atoms with Crippen molar-refractivity contribution in [3.05, 3.63) is 28.8 Å². The standard InChI is InChI=1S/C13H17ClO2/c1-4-9(5-2)13(15)11-7-6-10(14)8-12(11)16-3/h6-9H,4-5H2,1-3H3. The van der Waals surface area contributed by atoms with Gasteiger partial charge in [-0.05, 0) is 31.0 Å². The maximum atomic E-state index is 12.2. The van der Waals surface area contributed by atoms with Crippen molar-refractivity contribution in [2.24, 2.45) is 5.92 Å². The van der Waals surface area contributed by atoms with Gasteiger partial charge in [0.1, 0.15) is 5.75 Å². The lowest BCUT2D eigenvalue weighted by molar-refractivity contribution is 0.0910. The molecule has 0 radical (unpaired) electrons. The van der Waals surface area contributed by atoms with Gasteiger partial charge >= 0.3 is 0 Å². The number of carbonyl (C=O) groups is 1. The van der Waals surface area contributed by atoms with Crippen LogP contribution in [0.4, 0.5) is 0 Å². The summed E-state index contributed by atoms with van der Waals surface area (Å²) in [6.07, 6.45) is 1.70. The van der Waals surface area contributed by atoms with E-state index in [9.17, 15) is 4.79 Å². The highest BCUT2D eigenvalue weighted by Gasteiger charge is 2.19. The summed E-state index contributed by atoms with van der Waals surface area (Å²) in [5.74, 6) is 0.762. The van der Waals surface area contributed by atoms with Crippen LogP contribution in [0.1, 0.15) is 37.0 Å². The Hall–Kier alpha value is -1.02. The second kappa shape index (κ2) is 5.90. The zero-order valence-electron chi connectivity index (χ0n) is 9.92. The van der Waals surface area contributed by atoms with E-state index in [1.807, 2.05) is 13.8 Å². The Balaban J connectivity index is 3.07. The van der Waals surface area contributed by atoms with Crippen LogP contribution in [-0.2, 0) is 0 Å². The molecular formula is C13H17ClO2. The van der Waals surface area contributed by atoms with Crippen LogP contribution in [0, 0.1) is 5.92 Å². The highest BCUT2D eigenvalue weighted by atomic mass is 35.5. The molecule has 0 saturated heterocycles. The normalized spacial score (nSPS) is 10.6. The molecule has 88 valence electrons. The number of Topliss-reactive ketones (excluding diaryl/α,β-unsaturated/α-hetero) is 1. The summed E-state index contributed by atoms with van der Waals surface area (Å²) in [7, 11) is 1.55.